The average molecular weight is 286 g/mol. The number of benzene rings is 1. The maximum Gasteiger partial charge on any atom is 0.222 e. The zero-order valence-corrected chi connectivity index (χ0v) is 11.0. The van der Waals surface area contributed by atoms with Gasteiger partial charge in [0.2, 0.25) is 5.88 Å². The molecule has 0 saturated carbocycles. The fourth-order valence-corrected chi connectivity index (χ4v) is 2.61. The number of halogens is 1. The maximum atomic E-state index is 14.3. The molecule has 0 bridgehead atoms. The summed E-state index contributed by atoms with van der Waals surface area (Å²) in [6.07, 6.45) is 0.898. The van der Waals surface area contributed by atoms with Gasteiger partial charge in [0.1, 0.15) is 16.3 Å². The van der Waals surface area contributed by atoms with Crippen LogP contribution < -0.4 is 10.5 Å². The summed E-state index contributed by atoms with van der Waals surface area (Å²) in [5, 5.41) is 3.55. The monoisotopic (exact) mass is 286 g/mol. The molecule has 6 nitrogen and oxygen atoms in total. The molecule has 1 heterocycles. The van der Waals surface area contributed by atoms with E-state index >= 15 is 0 Å². The van der Waals surface area contributed by atoms with E-state index in [2.05, 4.69) is 9.68 Å². The van der Waals surface area contributed by atoms with E-state index in [1.165, 1.54) is 25.3 Å². The minimum atomic E-state index is -3.79. The number of aromatic nitrogens is 1. The van der Waals surface area contributed by atoms with Crippen molar-refractivity contribution in [1.82, 2.24) is 5.16 Å². The summed E-state index contributed by atoms with van der Waals surface area (Å²) in [4.78, 5) is -0.519. The summed E-state index contributed by atoms with van der Waals surface area (Å²) in [5.41, 5.74) is 5.44. The molecule has 1 aromatic heterocycles. The average Bonchev–Trinajstić information content (AvgIpc) is 2.73. The van der Waals surface area contributed by atoms with Crippen molar-refractivity contribution in [2.24, 2.45) is 0 Å². The van der Waals surface area contributed by atoms with Gasteiger partial charge in [-0.25, -0.2) is 12.8 Å². The topological polar surface area (TPSA) is 95.4 Å². The highest BCUT2D eigenvalue weighted by Crippen LogP contribution is 2.33. The highest BCUT2D eigenvalue weighted by Gasteiger charge is 2.24. The third kappa shape index (κ3) is 2.39. The molecule has 0 atom stereocenters. The van der Waals surface area contributed by atoms with Crippen molar-refractivity contribution < 1.29 is 22.1 Å². The molecule has 0 aliphatic heterocycles. The van der Waals surface area contributed by atoms with Crippen LogP contribution in [-0.4, -0.2) is 26.9 Å². The fourth-order valence-electron chi connectivity index (χ4n) is 1.66. The number of nitrogens with zero attached hydrogens (tertiary/aromatic N) is 1. The number of sulfone groups is 1. The second-order valence-electron chi connectivity index (χ2n) is 3.85. The van der Waals surface area contributed by atoms with Crippen molar-refractivity contribution in [3.8, 4) is 17.0 Å². The Morgan fingerprint density at radius 3 is 2.58 bits per heavy atom. The first-order valence-corrected chi connectivity index (χ1v) is 7.03. The van der Waals surface area contributed by atoms with Crippen LogP contribution >= 0.6 is 0 Å². The molecular formula is C11H11FN2O4S. The summed E-state index contributed by atoms with van der Waals surface area (Å²) in [5.74, 6) is -1.01. The largest absolute Gasteiger partial charge is 0.495 e. The molecule has 2 aromatic rings. The van der Waals surface area contributed by atoms with Crippen molar-refractivity contribution >= 4 is 15.7 Å². The molecule has 0 radical (unpaired) electrons. The zero-order chi connectivity index (χ0) is 14.2. The van der Waals surface area contributed by atoms with Gasteiger partial charge in [-0.05, 0) is 12.1 Å². The van der Waals surface area contributed by atoms with E-state index in [0.717, 1.165) is 6.26 Å². The van der Waals surface area contributed by atoms with E-state index in [1.54, 1.807) is 0 Å². The third-order valence-electron chi connectivity index (χ3n) is 2.46. The SMILES string of the molecule is COc1ccc(-c2cc(N)on2)c(F)c1S(C)(=O)=O. The van der Waals surface area contributed by atoms with E-state index in [0.29, 0.717) is 0 Å². The van der Waals surface area contributed by atoms with Crippen molar-refractivity contribution in [1.29, 1.82) is 0 Å². The third-order valence-corrected chi connectivity index (χ3v) is 3.58. The molecule has 0 unspecified atom stereocenters. The van der Waals surface area contributed by atoms with Gasteiger partial charge in [0.25, 0.3) is 0 Å². The van der Waals surface area contributed by atoms with Crippen molar-refractivity contribution in [2.75, 3.05) is 19.1 Å². The normalized spacial score (nSPS) is 11.5. The molecule has 0 aliphatic rings. The molecule has 0 spiro atoms. The lowest BCUT2D eigenvalue weighted by atomic mass is 10.1. The van der Waals surface area contributed by atoms with Gasteiger partial charge in [0.05, 0.1) is 7.11 Å². The number of nitrogens with two attached hydrogens (primary N) is 1. The van der Waals surface area contributed by atoms with Gasteiger partial charge in [-0.3, -0.25) is 0 Å². The Morgan fingerprint density at radius 2 is 2.11 bits per heavy atom. The number of rotatable bonds is 3. The molecular weight excluding hydrogens is 275 g/mol. The van der Waals surface area contributed by atoms with Crippen LogP contribution in [0.2, 0.25) is 0 Å². The number of methoxy groups -OCH3 is 1. The van der Waals surface area contributed by atoms with Gasteiger partial charge in [-0.1, -0.05) is 5.16 Å². The molecule has 2 N–H and O–H groups in total. The Morgan fingerprint density at radius 1 is 1.42 bits per heavy atom. The van der Waals surface area contributed by atoms with Crippen molar-refractivity contribution in [3.63, 3.8) is 0 Å². The first-order valence-electron chi connectivity index (χ1n) is 5.13. The standard InChI is InChI=1S/C11H11FN2O4S/c1-17-8-4-3-6(7-5-9(13)18-14-7)10(12)11(8)19(2,15)16/h3-5H,13H2,1-2H3. The second-order valence-corrected chi connectivity index (χ2v) is 5.80. The van der Waals surface area contributed by atoms with E-state index < -0.39 is 20.5 Å². The molecule has 0 aliphatic carbocycles. The summed E-state index contributed by atoms with van der Waals surface area (Å²) in [7, 11) is -2.53. The molecule has 2 rings (SSSR count). The van der Waals surface area contributed by atoms with E-state index in [4.69, 9.17) is 10.5 Å². The fraction of sp³-hybridized carbons (Fsp3) is 0.182. The minimum Gasteiger partial charge on any atom is -0.495 e. The molecule has 8 heteroatoms. The van der Waals surface area contributed by atoms with E-state index in [1.807, 2.05) is 0 Å². The number of anilines is 1. The lowest BCUT2D eigenvalue weighted by Gasteiger charge is -2.10. The van der Waals surface area contributed by atoms with Crippen molar-refractivity contribution in [2.45, 2.75) is 4.90 Å². The van der Waals surface area contributed by atoms with Crippen LogP contribution in [0, 0.1) is 5.82 Å². The number of hydrogen-bond acceptors (Lipinski definition) is 6. The number of hydrogen-bond donors (Lipinski definition) is 1. The molecule has 0 amide bonds. The predicted octanol–water partition coefficient (Wildman–Crippen LogP) is 1.48. The van der Waals surface area contributed by atoms with Gasteiger partial charge in [0.15, 0.2) is 15.7 Å². The lowest BCUT2D eigenvalue weighted by molar-refractivity contribution is 0.395. The van der Waals surface area contributed by atoms with Crippen LogP contribution in [0.1, 0.15) is 0 Å². The van der Waals surface area contributed by atoms with Crippen LogP contribution in [0.4, 0.5) is 10.3 Å². The van der Waals surface area contributed by atoms with Gasteiger partial charge in [-0.2, -0.15) is 0 Å². The Bertz CT molecular complexity index is 724. The Hall–Kier alpha value is -2.09. The number of nitrogen functional groups attached to an aromatic ring is 1. The minimum absolute atomic E-state index is 0.00567. The highest BCUT2D eigenvalue weighted by atomic mass is 32.2. The highest BCUT2D eigenvalue weighted by molar-refractivity contribution is 7.90. The van der Waals surface area contributed by atoms with Gasteiger partial charge in [-0.15, -0.1) is 0 Å². The first kappa shape index (κ1) is 13.3. The Kier molecular flexibility index (Phi) is 3.19. The van der Waals surface area contributed by atoms with Crippen LogP contribution in [0.3, 0.4) is 0 Å². The Labute approximate surface area is 108 Å². The predicted molar refractivity (Wildman–Crippen MR) is 66.0 cm³/mol. The van der Waals surface area contributed by atoms with Crippen LogP contribution in [0.5, 0.6) is 5.75 Å². The van der Waals surface area contributed by atoms with Crippen molar-refractivity contribution in [3.05, 3.63) is 24.0 Å². The van der Waals surface area contributed by atoms with Gasteiger partial charge < -0.3 is 15.0 Å². The molecule has 1 aromatic carbocycles. The lowest BCUT2D eigenvalue weighted by Crippen LogP contribution is -2.05. The van der Waals surface area contributed by atoms with Gasteiger partial charge in [0, 0.05) is 17.9 Å². The zero-order valence-electron chi connectivity index (χ0n) is 10.2. The van der Waals surface area contributed by atoms with E-state index in [-0.39, 0.29) is 22.9 Å². The summed E-state index contributed by atoms with van der Waals surface area (Å²) >= 11 is 0. The molecule has 19 heavy (non-hydrogen) atoms. The summed E-state index contributed by atoms with van der Waals surface area (Å²) in [6, 6.07) is 4.00. The van der Waals surface area contributed by atoms with Crippen LogP contribution in [0.25, 0.3) is 11.3 Å². The second kappa shape index (κ2) is 4.54. The molecule has 0 fully saturated rings. The summed E-state index contributed by atoms with van der Waals surface area (Å²) in [6.45, 7) is 0. The summed E-state index contributed by atoms with van der Waals surface area (Å²) < 4.78 is 47.1. The molecule has 102 valence electrons. The number of ether oxygens (including phenoxy) is 1. The van der Waals surface area contributed by atoms with Crippen LogP contribution in [0.15, 0.2) is 27.6 Å². The smallest absolute Gasteiger partial charge is 0.222 e. The van der Waals surface area contributed by atoms with Gasteiger partial charge >= 0.3 is 0 Å². The van der Waals surface area contributed by atoms with Crippen LogP contribution in [-0.2, 0) is 9.84 Å². The maximum absolute atomic E-state index is 14.3. The first-order chi connectivity index (χ1) is 8.84. The molecule has 0 saturated heterocycles. The van der Waals surface area contributed by atoms with E-state index in [9.17, 15) is 12.8 Å². The quantitative estimate of drug-likeness (QED) is 0.918. The Balaban J connectivity index is 2.73.